The molecule has 1 aromatic heterocycles. The van der Waals surface area contributed by atoms with Crippen molar-refractivity contribution in [1.82, 2.24) is 10.3 Å². The molecule has 1 aromatic carbocycles. The summed E-state index contributed by atoms with van der Waals surface area (Å²) in [5.74, 6) is -1.79. The SMILES string of the molecule is O=C(NCCOc1ncccc1F)c1ccccc1C(F)(F)F. The number of alkyl halides is 3. The molecule has 0 fully saturated rings. The highest BCUT2D eigenvalue weighted by Gasteiger charge is 2.34. The normalized spacial score (nSPS) is 11.1. The maximum atomic E-state index is 13.2. The fraction of sp³-hybridized carbons (Fsp3) is 0.200. The van der Waals surface area contributed by atoms with Gasteiger partial charge in [0.05, 0.1) is 17.7 Å². The van der Waals surface area contributed by atoms with E-state index in [1.165, 1.54) is 24.4 Å². The highest BCUT2D eigenvalue weighted by Crippen LogP contribution is 2.31. The van der Waals surface area contributed by atoms with Gasteiger partial charge in [-0.05, 0) is 24.3 Å². The van der Waals surface area contributed by atoms with Gasteiger partial charge in [0.15, 0.2) is 5.82 Å². The third-order valence-corrected chi connectivity index (χ3v) is 2.83. The number of carbonyl (C=O) groups is 1. The van der Waals surface area contributed by atoms with E-state index >= 15 is 0 Å². The van der Waals surface area contributed by atoms with E-state index in [1.807, 2.05) is 0 Å². The van der Waals surface area contributed by atoms with Crippen LogP contribution in [0.4, 0.5) is 17.6 Å². The molecule has 1 N–H and O–H groups in total. The second kappa shape index (κ2) is 7.08. The van der Waals surface area contributed by atoms with Crippen LogP contribution in [0.2, 0.25) is 0 Å². The van der Waals surface area contributed by atoms with Gasteiger partial charge >= 0.3 is 6.18 Å². The predicted octanol–water partition coefficient (Wildman–Crippen LogP) is 3.05. The fourth-order valence-electron chi connectivity index (χ4n) is 1.81. The van der Waals surface area contributed by atoms with Crippen molar-refractivity contribution in [2.24, 2.45) is 0 Å². The summed E-state index contributed by atoms with van der Waals surface area (Å²) in [5, 5.41) is 2.29. The van der Waals surface area contributed by atoms with Gasteiger partial charge in [0.25, 0.3) is 5.91 Å². The van der Waals surface area contributed by atoms with Gasteiger partial charge in [-0.2, -0.15) is 13.2 Å². The summed E-state index contributed by atoms with van der Waals surface area (Å²) in [6.07, 6.45) is -3.29. The predicted molar refractivity (Wildman–Crippen MR) is 73.5 cm³/mol. The van der Waals surface area contributed by atoms with E-state index in [4.69, 9.17) is 4.74 Å². The summed E-state index contributed by atoms with van der Waals surface area (Å²) in [7, 11) is 0. The third kappa shape index (κ3) is 4.41. The molecule has 0 spiro atoms. The fourth-order valence-corrected chi connectivity index (χ4v) is 1.81. The Kier molecular flexibility index (Phi) is 5.15. The lowest BCUT2D eigenvalue weighted by Crippen LogP contribution is -2.30. The number of halogens is 4. The lowest BCUT2D eigenvalue weighted by Gasteiger charge is -2.12. The molecule has 0 atom stereocenters. The van der Waals surface area contributed by atoms with Crippen molar-refractivity contribution >= 4 is 5.91 Å². The quantitative estimate of drug-likeness (QED) is 0.678. The Morgan fingerprint density at radius 3 is 2.61 bits per heavy atom. The molecule has 0 bridgehead atoms. The largest absolute Gasteiger partial charge is 0.474 e. The third-order valence-electron chi connectivity index (χ3n) is 2.83. The van der Waals surface area contributed by atoms with Gasteiger partial charge in [-0.1, -0.05) is 12.1 Å². The number of nitrogens with one attached hydrogen (secondary N) is 1. The smallest absolute Gasteiger partial charge is 0.417 e. The van der Waals surface area contributed by atoms with Gasteiger partial charge in [-0.25, -0.2) is 9.37 Å². The minimum Gasteiger partial charge on any atom is -0.474 e. The molecule has 0 saturated carbocycles. The number of aromatic nitrogens is 1. The number of ether oxygens (including phenoxy) is 1. The Hall–Kier alpha value is -2.64. The van der Waals surface area contributed by atoms with Crippen molar-refractivity contribution in [3.05, 3.63) is 59.5 Å². The molecule has 23 heavy (non-hydrogen) atoms. The highest BCUT2D eigenvalue weighted by molar-refractivity contribution is 5.95. The van der Waals surface area contributed by atoms with Crippen molar-refractivity contribution in [1.29, 1.82) is 0 Å². The van der Waals surface area contributed by atoms with E-state index in [0.717, 1.165) is 18.2 Å². The molecule has 8 heteroatoms. The van der Waals surface area contributed by atoms with Crippen LogP contribution < -0.4 is 10.1 Å². The van der Waals surface area contributed by atoms with Crippen LogP contribution in [0.25, 0.3) is 0 Å². The maximum Gasteiger partial charge on any atom is 0.417 e. The average Bonchev–Trinajstić information content (AvgIpc) is 2.52. The molecule has 0 aliphatic carbocycles. The van der Waals surface area contributed by atoms with Gasteiger partial charge in [0, 0.05) is 6.20 Å². The maximum absolute atomic E-state index is 13.2. The molecule has 1 heterocycles. The molecule has 4 nitrogen and oxygen atoms in total. The van der Waals surface area contributed by atoms with E-state index in [9.17, 15) is 22.4 Å². The number of carbonyl (C=O) groups excluding carboxylic acids is 1. The lowest BCUT2D eigenvalue weighted by atomic mass is 10.1. The highest BCUT2D eigenvalue weighted by atomic mass is 19.4. The molecule has 2 rings (SSSR count). The molecule has 0 unspecified atom stereocenters. The van der Waals surface area contributed by atoms with Crippen molar-refractivity contribution in [3.8, 4) is 5.88 Å². The van der Waals surface area contributed by atoms with E-state index in [0.29, 0.717) is 0 Å². The summed E-state index contributed by atoms with van der Waals surface area (Å²) in [4.78, 5) is 15.5. The zero-order valence-electron chi connectivity index (χ0n) is 11.7. The lowest BCUT2D eigenvalue weighted by molar-refractivity contribution is -0.137. The molecule has 2 aromatic rings. The first-order valence-corrected chi connectivity index (χ1v) is 6.57. The summed E-state index contributed by atoms with van der Waals surface area (Å²) in [6.45, 7) is -0.227. The van der Waals surface area contributed by atoms with Crippen molar-refractivity contribution < 1.29 is 27.1 Å². The minimum atomic E-state index is -4.62. The number of pyridine rings is 1. The van der Waals surface area contributed by atoms with E-state index in [1.54, 1.807) is 0 Å². The van der Waals surface area contributed by atoms with Gasteiger partial charge in [0.2, 0.25) is 5.88 Å². The minimum absolute atomic E-state index is 0.0962. The van der Waals surface area contributed by atoms with E-state index in [2.05, 4.69) is 10.3 Å². The van der Waals surface area contributed by atoms with Crippen LogP contribution in [-0.4, -0.2) is 24.0 Å². The Morgan fingerprint density at radius 2 is 1.91 bits per heavy atom. The van der Waals surface area contributed by atoms with Crippen molar-refractivity contribution in [2.45, 2.75) is 6.18 Å². The van der Waals surface area contributed by atoms with Gasteiger partial charge in [-0.3, -0.25) is 4.79 Å². The summed E-state index contributed by atoms with van der Waals surface area (Å²) >= 11 is 0. The summed E-state index contributed by atoms with van der Waals surface area (Å²) in [5.41, 5.74) is -1.50. The van der Waals surface area contributed by atoms with Crippen LogP contribution in [-0.2, 0) is 6.18 Å². The van der Waals surface area contributed by atoms with Crippen LogP contribution >= 0.6 is 0 Å². The number of amides is 1. The average molecular weight is 328 g/mol. The van der Waals surface area contributed by atoms with Crippen LogP contribution in [0.3, 0.4) is 0 Å². The second-order valence-corrected chi connectivity index (χ2v) is 4.44. The number of hydrogen-bond acceptors (Lipinski definition) is 3. The van der Waals surface area contributed by atoms with Gasteiger partial charge in [-0.15, -0.1) is 0 Å². The Labute approximate surface area is 129 Å². The zero-order valence-corrected chi connectivity index (χ0v) is 11.7. The molecular formula is C15H12F4N2O2. The number of rotatable bonds is 5. The van der Waals surface area contributed by atoms with E-state index in [-0.39, 0.29) is 19.0 Å². The molecule has 0 saturated heterocycles. The standard InChI is InChI=1S/C15H12F4N2O2/c16-12-6-3-7-21-14(12)23-9-8-20-13(22)10-4-1-2-5-11(10)15(17,18)19/h1-7H,8-9H2,(H,20,22). The summed E-state index contributed by atoms with van der Waals surface area (Å²) in [6, 6.07) is 6.99. The molecule has 0 aliphatic heterocycles. The molecule has 1 amide bonds. The number of nitrogens with zero attached hydrogens (tertiary/aromatic N) is 1. The van der Waals surface area contributed by atoms with E-state index < -0.39 is 29.0 Å². The number of benzene rings is 1. The zero-order chi connectivity index (χ0) is 16.9. The topological polar surface area (TPSA) is 51.2 Å². The van der Waals surface area contributed by atoms with Crippen molar-refractivity contribution in [3.63, 3.8) is 0 Å². The first kappa shape index (κ1) is 16.7. The monoisotopic (exact) mass is 328 g/mol. The first-order valence-electron chi connectivity index (χ1n) is 6.57. The first-order chi connectivity index (χ1) is 10.9. The van der Waals surface area contributed by atoms with Gasteiger partial charge in [0.1, 0.15) is 6.61 Å². The van der Waals surface area contributed by atoms with Crippen LogP contribution in [0, 0.1) is 5.82 Å². The number of hydrogen-bond donors (Lipinski definition) is 1. The molecule has 122 valence electrons. The molecule has 0 radical (unpaired) electrons. The molecule has 0 aliphatic rings. The van der Waals surface area contributed by atoms with Crippen LogP contribution in [0.15, 0.2) is 42.6 Å². The van der Waals surface area contributed by atoms with Gasteiger partial charge < -0.3 is 10.1 Å². The molecular weight excluding hydrogens is 316 g/mol. The summed E-state index contributed by atoms with van der Waals surface area (Å²) < 4.78 is 56.6. The Balaban J connectivity index is 1.92. The second-order valence-electron chi connectivity index (χ2n) is 4.44. The Morgan fingerprint density at radius 1 is 1.17 bits per heavy atom. The Bertz CT molecular complexity index is 689. The van der Waals surface area contributed by atoms with Crippen molar-refractivity contribution in [2.75, 3.05) is 13.2 Å². The van der Waals surface area contributed by atoms with Crippen LogP contribution in [0.1, 0.15) is 15.9 Å². The van der Waals surface area contributed by atoms with Crippen LogP contribution in [0.5, 0.6) is 5.88 Å².